The van der Waals surface area contributed by atoms with E-state index in [0.29, 0.717) is 0 Å². The number of rotatable bonds is 3. The molecular weight excluding hydrogens is 306 g/mol. The number of hydrogen-bond acceptors (Lipinski definition) is 5. The summed E-state index contributed by atoms with van der Waals surface area (Å²) in [6.45, 7) is 0. The van der Waals surface area contributed by atoms with Crippen LogP contribution in [0, 0.1) is 0 Å². The van der Waals surface area contributed by atoms with Gasteiger partial charge < -0.3 is 14.4 Å². The van der Waals surface area contributed by atoms with Gasteiger partial charge in [0, 0.05) is 11.9 Å². The molecule has 0 unspecified atom stereocenters. The lowest BCUT2D eigenvalue weighted by molar-refractivity contribution is -0.139. The smallest absolute Gasteiger partial charge is 0.355 e. The molecule has 24 heavy (non-hydrogen) atoms. The maximum absolute atomic E-state index is 12.4. The Morgan fingerprint density at radius 1 is 1.04 bits per heavy atom. The lowest BCUT2D eigenvalue weighted by Crippen LogP contribution is -2.27. The maximum atomic E-state index is 12.4. The van der Waals surface area contributed by atoms with Crippen LogP contribution in [0.15, 0.2) is 53.9 Å². The molecule has 1 aromatic rings. The van der Waals surface area contributed by atoms with Crippen molar-refractivity contribution in [2.24, 2.45) is 0 Å². The van der Waals surface area contributed by atoms with Gasteiger partial charge in [-0.25, -0.2) is 9.59 Å². The van der Waals surface area contributed by atoms with E-state index in [2.05, 4.69) is 6.07 Å². The summed E-state index contributed by atoms with van der Waals surface area (Å²) >= 11 is 0. The molecule has 0 fully saturated rings. The second kappa shape index (κ2) is 6.74. The molecule has 1 aliphatic carbocycles. The molecule has 0 spiro atoms. The third-order valence-electron chi connectivity index (χ3n) is 4.27. The maximum Gasteiger partial charge on any atom is 0.355 e. The van der Waals surface area contributed by atoms with Crippen LogP contribution in [0.1, 0.15) is 17.5 Å². The summed E-state index contributed by atoms with van der Waals surface area (Å²) < 4.78 is 9.76. The Kier molecular flexibility index (Phi) is 4.51. The van der Waals surface area contributed by atoms with Gasteiger partial charge >= 0.3 is 11.9 Å². The van der Waals surface area contributed by atoms with E-state index in [0.717, 1.165) is 24.9 Å². The minimum Gasteiger partial charge on any atom is -0.465 e. The quantitative estimate of drug-likeness (QED) is 0.800. The molecule has 0 saturated heterocycles. The van der Waals surface area contributed by atoms with E-state index in [4.69, 9.17) is 9.47 Å². The highest BCUT2D eigenvalue weighted by Crippen LogP contribution is 2.35. The van der Waals surface area contributed by atoms with Crippen molar-refractivity contribution < 1.29 is 19.1 Å². The van der Waals surface area contributed by atoms with Crippen LogP contribution in [-0.2, 0) is 31.9 Å². The highest BCUT2D eigenvalue weighted by molar-refractivity contribution is 6.05. The highest BCUT2D eigenvalue weighted by atomic mass is 16.5. The molecule has 1 aliphatic heterocycles. The zero-order chi connectivity index (χ0) is 17.1. The minimum absolute atomic E-state index is 0.162. The van der Waals surface area contributed by atoms with Crippen LogP contribution in [0.2, 0.25) is 0 Å². The largest absolute Gasteiger partial charge is 0.465 e. The van der Waals surface area contributed by atoms with Crippen molar-refractivity contribution >= 4 is 17.6 Å². The van der Waals surface area contributed by atoms with Gasteiger partial charge in [-0.1, -0.05) is 18.2 Å². The second-order valence-corrected chi connectivity index (χ2v) is 5.58. The summed E-state index contributed by atoms with van der Waals surface area (Å²) in [5.74, 6) is -1.16. The van der Waals surface area contributed by atoms with Gasteiger partial charge in [0.2, 0.25) is 0 Å². The van der Waals surface area contributed by atoms with E-state index in [1.54, 1.807) is 29.3 Å². The van der Waals surface area contributed by atoms with E-state index in [9.17, 15) is 9.59 Å². The monoisotopic (exact) mass is 325 g/mol. The van der Waals surface area contributed by atoms with Crippen molar-refractivity contribution in [1.29, 1.82) is 0 Å². The van der Waals surface area contributed by atoms with Crippen LogP contribution in [0.25, 0.3) is 0 Å². The first kappa shape index (κ1) is 16.1. The van der Waals surface area contributed by atoms with Gasteiger partial charge in [0.15, 0.2) is 0 Å². The van der Waals surface area contributed by atoms with Crippen LogP contribution in [-0.4, -0.2) is 26.2 Å². The number of anilines is 1. The highest BCUT2D eigenvalue weighted by Gasteiger charge is 2.29. The summed E-state index contributed by atoms with van der Waals surface area (Å²) in [4.78, 5) is 26.3. The first-order chi connectivity index (χ1) is 11.7. The van der Waals surface area contributed by atoms with E-state index in [1.807, 2.05) is 12.1 Å². The van der Waals surface area contributed by atoms with Crippen molar-refractivity contribution in [3.05, 3.63) is 65.0 Å². The van der Waals surface area contributed by atoms with Crippen molar-refractivity contribution in [2.45, 2.75) is 19.3 Å². The number of fused-ring (bicyclic) bond motifs is 1. The molecule has 0 N–H and O–H groups in total. The Morgan fingerprint density at radius 2 is 1.83 bits per heavy atom. The molecule has 0 atom stereocenters. The van der Waals surface area contributed by atoms with Crippen molar-refractivity contribution in [3.8, 4) is 0 Å². The molecule has 0 bridgehead atoms. The standard InChI is InChI=1S/C19H19NO4/c1-23-18(21)15-9-3-4-12-20(17(15)19(22)24-2)16-11-6-8-13-7-5-10-14(13)16/h3-4,6,8-9,11-12H,5,7,10H2,1-2H3. The number of carbonyl (C=O) groups is 2. The fourth-order valence-electron chi connectivity index (χ4n) is 3.18. The molecule has 5 heteroatoms. The number of allylic oxidation sites excluding steroid dienone is 2. The minimum atomic E-state index is -0.581. The number of hydrogen-bond donors (Lipinski definition) is 0. The van der Waals surface area contributed by atoms with Gasteiger partial charge in [0.05, 0.1) is 19.8 Å². The van der Waals surface area contributed by atoms with Crippen LogP contribution < -0.4 is 4.90 Å². The Morgan fingerprint density at radius 3 is 2.58 bits per heavy atom. The summed E-state index contributed by atoms with van der Waals surface area (Å²) in [5.41, 5.74) is 3.71. The predicted molar refractivity (Wildman–Crippen MR) is 90.3 cm³/mol. The summed E-state index contributed by atoms with van der Waals surface area (Å²) in [7, 11) is 2.59. The fraction of sp³-hybridized carbons (Fsp3) is 0.263. The number of benzene rings is 1. The first-order valence-electron chi connectivity index (χ1n) is 7.83. The van der Waals surface area contributed by atoms with Crippen molar-refractivity contribution in [2.75, 3.05) is 19.1 Å². The van der Waals surface area contributed by atoms with E-state index >= 15 is 0 Å². The van der Waals surface area contributed by atoms with E-state index in [-0.39, 0.29) is 11.3 Å². The Hall–Kier alpha value is -2.82. The molecule has 0 aromatic heterocycles. The zero-order valence-electron chi connectivity index (χ0n) is 13.7. The van der Waals surface area contributed by atoms with Gasteiger partial charge in [-0.15, -0.1) is 0 Å². The number of esters is 2. The average molecular weight is 325 g/mol. The number of methoxy groups -OCH3 is 2. The van der Waals surface area contributed by atoms with Gasteiger partial charge in [-0.2, -0.15) is 0 Å². The van der Waals surface area contributed by atoms with Gasteiger partial charge in [0.1, 0.15) is 5.70 Å². The summed E-state index contributed by atoms with van der Waals surface area (Å²) in [6, 6.07) is 6.03. The molecule has 1 heterocycles. The molecule has 1 aromatic carbocycles. The fourth-order valence-corrected chi connectivity index (χ4v) is 3.18. The van der Waals surface area contributed by atoms with Gasteiger partial charge in [-0.3, -0.25) is 0 Å². The van der Waals surface area contributed by atoms with E-state index in [1.165, 1.54) is 25.3 Å². The predicted octanol–water partition coefficient (Wildman–Crippen LogP) is 2.67. The third-order valence-corrected chi connectivity index (χ3v) is 4.27. The topological polar surface area (TPSA) is 55.8 Å². The number of nitrogens with zero attached hydrogens (tertiary/aromatic N) is 1. The summed E-state index contributed by atoms with van der Waals surface area (Å²) in [5, 5.41) is 0. The third kappa shape index (κ3) is 2.73. The Bertz CT molecular complexity index is 774. The second-order valence-electron chi connectivity index (χ2n) is 5.58. The molecule has 5 nitrogen and oxygen atoms in total. The lowest BCUT2D eigenvalue weighted by atomic mass is 10.1. The lowest BCUT2D eigenvalue weighted by Gasteiger charge is -2.25. The van der Waals surface area contributed by atoms with Crippen molar-refractivity contribution in [3.63, 3.8) is 0 Å². The normalized spacial score (nSPS) is 16.0. The molecule has 124 valence electrons. The molecule has 0 saturated carbocycles. The number of aryl methyl sites for hydroxylation is 1. The van der Waals surface area contributed by atoms with Crippen LogP contribution in [0.3, 0.4) is 0 Å². The molecule has 2 aliphatic rings. The molecule has 3 rings (SSSR count). The van der Waals surface area contributed by atoms with Crippen molar-refractivity contribution in [1.82, 2.24) is 0 Å². The summed E-state index contributed by atoms with van der Waals surface area (Å²) in [6.07, 6.45) is 9.89. The molecule has 0 amide bonds. The van der Waals surface area contributed by atoms with Crippen LogP contribution >= 0.6 is 0 Å². The van der Waals surface area contributed by atoms with E-state index < -0.39 is 11.9 Å². The zero-order valence-corrected chi connectivity index (χ0v) is 13.7. The molecular formula is C19H19NO4. The van der Waals surface area contributed by atoms with Crippen LogP contribution in [0.5, 0.6) is 0 Å². The Balaban J connectivity index is 2.20. The molecule has 0 radical (unpaired) electrons. The van der Waals surface area contributed by atoms with Gasteiger partial charge in [-0.05, 0) is 48.6 Å². The number of carbonyl (C=O) groups excluding carboxylic acids is 2. The van der Waals surface area contributed by atoms with Gasteiger partial charge in [0.25, 0.3) is 0 Å². The SMILES string of the molecule is COC(=O)C1=C(C(=O)OC)N(c2cccc3c2CCC3)C=CC=C1. The number of ether oxygens (including phenoxy) is 2. The Labute approximate surface area is 140 Å². The average Bonchev–Trinajstić information content (AvgIpc) is 2.99. The van der Waals surface area contributed by atoms with Crippen LogP contribution in [0.4, 0.5) is 5.69 Å². The first-order valence-corrected chi connectivity index (χ1v) is 7.83.